The molecule has 0 bridgehead atoms. The minimum absolute atomic E-state index is 0.235. The first-order valence-electron chi connectivity index (χ1n) is 5.66. The Bertz CT molecular complexity index is 691. The van der Waals surface area contributed by atoms with E-state index in [9.17, 15) is 9.59 Å². The smallest absolute Gasteiger partial charge is 0.308 e. The van der Waals surface area contributed by atoms with Gasteiger partial charge in [-0.05, 0) is 19.1 Å². The fourth-order valence-electron chi connectivity index (χ4n) is 1.84. The van der Waals surface area contributed by atoms with Crippen molar-refractivity contribution in [2.45, 2.75) is 13.8 Å². The minimum atomic E-state index is -0.464. The van der Waals surface area contributed by atoms with E-state index in [1.807, 2.05) is 0 Å². The van der Waals surface area contributed by atoms with Gasteiger partial charge in [-0.1, -0.05) is 23.7 Å². The second-order valence-electron chi connectivity index (χ2n) is 4.05. The van der Waals surface area contributed by atoms with Crippen molar-refractivity contribution >= 4 is 17.6 Å². The van der Waals surface area contributed by atoms with Crippen LogP contribution in [0, 0.1) is 6.92 Å². The highest BCUT2D eigenvalue weighted by Crippen LogP contribution is 2.21. The number of benzene rings is 1. The van der Waals surface area contributed by atoms with Crippen molar-refractivity contribution in [3.05, 3.63) is 57.5 Å². The highest BCUT2D eigenvalue weighted by Gasteiger charge is 2.10. The van der Waals surface area contributed by atoms with Crippen molar-refractivity contribution in [3.63, 3.8) is 0 Å². The predicted octanol–water partition coefficient (Wildman–Crippen LogP) is 2.72. The summed E-state index contributed by atoms with van der Waals surface area (Å²) >= 11 is 6.08. The second-order valence-corrected chi connectivity index (χ2v) is 4.46. The molecule has 4 nitrogen and oxygen atoms in total. The van der Waals surface area contributed by atoms with Crippen LogP contribution < -0.4 is 10.3 Å². The summed E-state index contributed by atoms with van der Waals surface area (Å²) in [6.45, 7) is 3.03. The van der Waals surface area contributed by atoms with Gasteiger partial charge in [0, 0.05) is 24.8 Å². The average Bonchev–Trinajstić information content (AvgIpc) is 2.29. The summed E-state index contributed by atoms with van der Waals surface area (Å²) in [4.78, 5) is 23.0. The van der Waals surface area contributed by atoms with Gasteiger partial charge in [0.2, 0.25) is 0 Å². The van der Waals surface area contributed by atoms with Crippen LogP contribution in [0.15, 0.2) is 41.2 Å². The molecule has 2 rings (SSSR count). The fourth-order valence-corrected chi connectivity index (χ4v) is 2.06. The van der Waals surface area contributed by atoms with Gasteiger partial charge in [0.1, 0.15) is 5.75 Å². The molecular weight excluding hydrogens is 266 g/mol. The summed E-state index contributed by atoms with van der Waals surface area (Å²) in [7, 11) is 0. The quantitative estimate of drug-likeness (QED) is 0.793. The molecule has 2 aromatic rings. The molecule has 0 spiro atoms. The third kappa shape index (κ3) is 2.85. The van der Waals surface area contributed by atoms with Gasteiger partial charge in [0.15, 0.2) is 0 Å². The highest BCUT2D eigenvalue weighted by molar-refractivity contribution is 6.32. The maximum absolute atomic E-state index is 12.1. The predicted molar refractivity (Wildman–Crippen MR) is 73.1 cm³/mol. The summed E-state index contributed by atoms with van der Waals surface area (Å²) in [6, 6.07) is 9.93. The number of aromatic nitrogens is 1. The number of hydrogen-bond acceptors (Lipinski definition) is 3. The van der Waals surface area contributed by atoms with Crippen molar-refractivity contribution in [1.29, 1.82) is 0 Å². The molecule has 0 unspecified atom stereocenters. The van der Waals surface area contributed by atoms with Crippen LogP contribution in [-0.4, -0.2) is 10.5 Å². The van der Waals surface area contributed by atoms with Gasteiger partial charge in [-0.15, -0.1) is 0 Å². The summed E-state index contributed by atoms with van der Waals surface area (Å²) in [5, 5.41) is 0.480. The first-order chi connectivity index (χ1) is 8.99. The molecule has 1 heterocycles. The lowest BCUT2D eigenvalue weighted by molar-refractivity contribution is -0.131. The van der Waals surface area contributed by atoms with Gasteiger partial charge in [-0.2, -0.15) is 0 Å². The summed E-state index contributed by atoms with van der Waals surface area (Å²) in [6.07, 6.45) is 0. The lowest BCUT2D eigenvalue weighted by atomic mass is 10.2. The summed E-state index contributed by atoms with van der Waals surface area (Å²) < 4.78 is 6.38. The molecule has 1 aromatic heterocycles. The van der Waals surface area contributed by atoms with E-state index >= 15 is 0 Å². The maximum atomic E-state index is 12.1. The molecule has 0 atom stereocenters. The van der Waals surface area contributed by atoms with E-state index in [-0.39, 0.29) is 11.3 Å². The number of esters is 1. The molecule has 0 aliphatic carbocycles. The number of carbonyl (C=O) groups is 1. The topological polar surface area (TPSA) is 48.3 Å². The van der Waals surface area contributed by atoms with Gasteiger partial charge >= 0.3 is 5.97 Å². The number of aryl methyl sites for hydroxylation is 1. The first-order valence-corrected chi connectivity index (χ1v) is 6.04. The van der Waals surface area contributed by atoms with Crippen LogP contribution in [0.4, 0.5) is 0 Å². The van der Waals surface area contributed by atoms with Crippen LogP contribution in [0.5, 0.6) is 5.75 Å². The lowest BCUT2D eigenvalue weighted by Gasteiger charge is -2.12. The molecule has 0 aliphatic rings. The Kier molecular flexibility index (Phi) is 3.71. The number of carbonyl (C=O) groups excluding carboxylic acids is 1. The first kappa shape index (κ1) is 13.4. The molecule has 98 valence electrons. The van der Waals surface area contributed by atoms with Crippen LogP contribution >= 0.6 is 11.6 Å². The number of ether oxygens (including phenoxy) is 1. The van der Waals surface area contributed by atoms with Crippen LogP contribution in [0.2, 0.25) is 5.02 Å². The van der Waals surface area contributed by atoms with Gasteiger partial charge in [0.05, 0.1) is 10.7 Å². The molecule has 1 aromatic carbocycles. The van der Waals surface area contributed by atoms with Crippen molar-refractivity contribution in [1.82, 2.24) is 4.57 Å². The molecule has 0 aliphatic heterocycles. The van der Waals surface area contributed by atoms with E-state index in [2.05, 4.69) is 0 Å². The van der Waals surface area contributed by atoms with Gasteiger partial charge in [-0.3, -0.25) is 14.2 Å². The van der Waals surface area contributed by atoms with E-state index in [1.54, 1.807) is 37.3 Å². The Morgan fingerprint density at radius 2 is 1.95 bits per heavy atom. The summed E-state index contributed by atoms with van der Waals surface area (Å²) in [5.41, 5.74) is 0.933. The lowest BCUT2D eigenvalue weighted by Crippen LogP contribution is -2.20. The van der Waals surface area contributed by atoms with Crippen molar-refractivity contribution in [2.24, 2.45) is 0 Å². The summed E-state index contributed by atoms with van der Waals surface area (Å²) in [5.74, 6) is -0.229. The van der Waals surface area contributed by atoms with E-state index in [0.717, 1.165) is 0 Å². The standard InChI is InChI=1S/C14H12ClNO3/c1-9-7-11(19-10(2)17)8-14(18)16(9)13-6-4-3-5-12(13)15/h3-8H,1-2H3. The molecule has 0 radical (unpaired) electrons. The van der Waals surface area contributed by atoms with Gasteiger partial charge < -0.3 is 4.74 Å². The van der Waals surface area contributed by atoms with Crippen molar-refractivity contribution in [3.8, 4) is 11.4 Å². The molecule has 0 N–H and O–H groups in total. The Morgan fingerprint density at radius 1 is 1.26 bits per heavy atom. The van der Waals surface area contributed by atoms with Crippen molar-refractivity contribution < 1.29 is 9.53 Å². The molecular formula is C14H12ClNO3. The largest absolute Gasteiger partial charge is 0.426 e. The number of hydrogen-bond donors (Lipinski definition) is 0. The van der Waals surface area contributed by atoms with E-state index in [0.29, 0.717) is 16.4 Å². The number of para-hydroxylation sites is 1. The molecule has 0 amide bonds. The van der Waals surface area contributed by atoms with E-state index in [4.69, 9.17) is 16.3 Å². The number of pyridine rings is 1. The number of rotatable bonds is 2. The molecule has 0 saturated carbocycles. The average molecular weight is 278 g/mol. The Hall–Kier alpha value is -2.07. The highest BCUT2D eigenvalue weighted by atomic mass is 35.5. The van der Waals surface area contributed by atoms with Crippen LogP contribution in [0.3, 0.4) is 0 Å². The SMILES string of the molecule is CC(=O)Oc1cc(C)n(-c2ccccc2Cl)c(=O)c1. The zero-order valence-corrected chi connectivity index (χ0v) is 11.3. The monoisotopic (exact) mass is 277 g/mol. The van der Waals surface area contributed by atoms with Gasteiger partial charge in [0.25, 0.3) is 5.56 Å². The maximum Gasteiger partial charge on any atom is 0.308 e. The number of nitrogens with zero attached hydrogens (tertiary/aromatic N) is 1. The normalized spacial score (nSPS) is 10.3. The Balaban J connectivity index is 2.58. The van der Waals surface area contributed by atoms with Gasteiger partial charge in [-0.25, -0.2) is 0 Å². The molecule has 0 fully saturated rings. The fraction of sp³-hybridized carbons (Fsp3) is 0.143. The molecule has 19 heavy (non-hydrogen) atoms. The Labute approximate surface area is 115 Å². The molecule has 5 heteroatoms. The van der Waals surface area contributed by atoms with E-state index < -0.39 is 5.97 Å². The van der Waals surface area contributed by atoms with Crippen molar-refractivity contribution in [2.75, 3.05) is 0 Å². The zero-order chi connectivity index (χ0) is 14.0. The molecule has 0 saturated heterocycles. The number of halogens is 1. The minimum Gasteiger partial charge on any atom is -0.426 e. The van der Waals surface area contributed by atoms with E-state index in [1.165, 1.54) is 17.6 Å². The van der Waals surface area contributed by atoms with Crippen LogP contribution in [-0.2, 0) is 4.79 Å². The Morgan fingerprint density at radius 3 is 2.53 bits per heavy atom. The van der Waals surface area contributed by atoms with Crippen LogP contribution in [0.25, 0.3) is 5.69 Å². The van der Waals surface area contributed by atoms with Crippen LogP contribution in [0.1, 0.15) is 12.6 Å². The second kappa shape index (κ2) is 5.28. The third-order valence-electron chi connectivity index (χ3n) is 2.54. The zero-order valence-electron chi connectivity index (χ0n) is 10.5. The third-order valence-corrected chi connectivity index (χ3v) is 2.86.